The summed E-state index contributed by atoms with van der Waals surface area (Å²) in [4.78, 5) is 2.53. The minimum absolute atomic E-state index is 0.477. The molecule has 0 radical (unpaired) electrons. The van der Waals surface area contributed by atoms with Crippen LogP contribution in [0.3, 0.4) is 0 Å². The molecule has 1 aromatic heterocycles. The SMILES string of the molecule is CCCCCN(CCn1cc(CNC(C)C)nn1)C(C)C. The van der Waals surface area contributed by atoms with Crippen LogP contribution in [0.2, 0.25) is 0 Å². The van der Waals surface area contributed by atoms with Gasteiger partial charge in [-0.15, -0.1) is 5.10 Å². The highest BCUT2D eigenvalue weighted by atomic mass is 15.4. The molecular formula is C16H33N5. The molecule has 1 rings (SSSR count). The number of hydrogen-bond acceptors (Lipinski definition) is 4. The van der Waals surface area contributed by atoms with E-state index >= 15 is 0 Å². The van der Waals surface area contributed by atoms with Gasteiger partial charge in [0.15, 0.2) is 0 Å². The maximum atomic E-state index is 4.22. The Labute approximate surface area is 130 Å². The van der Waals surface area contributed by atoms with E-state index in [0.29, 0.717) is 12.1 Å². The van der Waals surface area contributed by atoms with Crippen LogP contribution >= 0.6 is 0 Å². The average Bonchev–Trinajstić information content (AvgIpc) is 2.88. The zero-order valence-electron chi connectivity index (χ0n) is 14.5. The molecule has 0 fully saturated rings. The summed E-state index contributed by atoms with van der Waals surface area (Å²) in [6, 6.07) is 1.07. The van der Waals surface area contributed by atoms with Crippen molar-refractivity contribution in [3.8, 4) is 0 Å². The molecule has 0 spiro atoms. The van der Waals surface area contributed by atoms with Crippen molar-refractivity contribution in [2.75, 3.05) is 13.1 Å². The second-order valence-corrected chi connectivity index (χ2v) is 6.35. The van der Waals surface area contributed by atoms with Crippen molar-refractivity contribution in [3.05, 3.63) is 11.9 Å². The van der Waals surface area contributed by atoms with Gasteiger partial charge in [-0.3, -0.25) is 9.58 Å². The summed E-state index contributed by atoms with van der Waals surface area (Å²) >= 11 is 0. The van der Waals surface area contributed by atoms with Crippen molar-refractivity contribution in [2.24, 2.45) is 0 Å². The van der Waals surface area contributed by atoms with E-state index in [1.165, 1.54) is 25.8 Å². The van der Waals surface area contributed by atoms with Gasteiger partial charge in [0, 0.05) is 31.4 Å². The Hall–Kier alpha value is -0.940. The van der Waals surface area contributed by atoms with Crippen LogP contribution in [0.15, 0.2) is 6.20 Å². The quantitative estimate of drug-likeness (QED) is 0.638. The summed E-state index contributed by atoms with van der Waals surface area (Å²) in [5, 5.41) is 11.8. The minimum atomic E-state index is 0.477. The average molecular weight is 295 g/mol. The lowest BCUT2D eigenvalue weighted by atomic mass is 10.2. The normalized spacial score (nSPS) is 12.0. The molecule has 0 saturated heterocycles. The Kier molecular flexibility index (Phi) is 8.54. The Morgan fingerprint density at radius 3 is 2.57 bits per heavy atom. The third kappa shape index (κ3) is 7.58. The van der Waals surface area contributed by atoms with Crippen LogP contribution in [-0.4, -0.2) is 45.1 Å². The van der Waals surface area contributed by atoms with Crippen LogP contribution in [0.25, 0.3) is 0 Å². The summed E-state index contributed by atoms with van der Waals surface area (Å²) < 4.78 is 1.96. The van der Waals surface area contributed by atoms with Crippen LogP contribution in [0, 0.1) is 0 Å². The zero-order chi connectivity index (χ0) is 15.7. The van der Waals surface area contributed by atoms with Gasteiger partial charge >= 0.3 is 0 Å². The summed E-state index contributed by atoms with van der Waals surface area (Å²) in [7, 11) is 0. The maximum Gasteiger partial charge on any atom is 0.0964 e. The molecule has 0 aliphatic rings. The molecule has 0 aromatic carbocycles. The molecule has 1 N–H and O–H groups in total. The first kappa shape index (κ1) is 18.1. The van der Waals surface area contributed by atoms with Crippen molar-refractivity contribution in [3.63, 3.8) is 0 Å². The smallest absolute Gasteiger partial charge is 0.0964 e. The Morgan fingerprint density at radius 1 is 1.19 bits per heavy atom. The van der Waals surface area contributed by atoms with Gasteiger partial charge in [-0.2, -0.15) is 0 Å². The van der Waals surface area contributed by atoms with Gasteiger partial charge in [0.25, 0.3) is 0 Å². The number of hydrogen-bond donors (Lipinski definition) is 1. The summed E-state index contributed by atoms with van der Waals surface area (Å²) in [5.41, 5.74) is 1.02. The first-order valence-corrected chi connectivity index (χ1v) is 8.39. The van der Waals surface area contributed by atoms with Gasteiger partial charge < -0.3 is 5.32 Å². The monoisotopic (exact) mass is 295 g/mol. The summed E-state index contributed by atoms with van der Waals surface area (Å²) in [6.07, 6.45) is 5.94. The Morgan fingerprint density at radius 2 is 1.95 bits per heavy atom. The molecule has 5 heteroatoms. The lowest BCUT2D eigenvalue weighted by molar-refractivity contribution is 0.205. The topological polar surface area (TPSA) is 46.0 Å². The van der Waals surface area contributed by atoms with Gasteiger partial charge in [-0.1, -0.05) is 38.8 Å². The second-order valence-electron chi connectivity index (χ2n) is 6.35. The van der Waals surface area contributed by atoms with Gasteiger partial charge in [-0.25, -0.2) is 0 Å². The number of nitrogens with zero attached hydrogens (tertiary/aromatic N) is 4. The third-order valence-electron chi connectivity index (χ3n) is 3.67. The molecule has 0 aliphatic carbocycles. The highest BCUT2D eigenvalue weighted by molar-refractivity contribution is 4.91. The highest BCUT2D eigenvalue weighted by Gasteiger charge is 2.09. The van der Waals surface area contributed by atoms with Gasteiger partial charge in [0.1, 0.15) is 0 Å². The van der Waals surface area contributed by atoms with Crippen LogP contribution < -0.4 is 5.32 Å². The van der Waals surface area contributed by atoms with E-state index in [1.54, 1.807) is 0 Å². The van der Waals surface area contributed by atoms with E-state index < -0.39 is 0 Å². The molecule has 21 heavy (non-hydrogen) atoms. The predicted octanol–water partition coefficient (Wildman–Crippen LogP) is 2.68. The fourth-order valence-corrected chi connectivity index (χ4v) is 2.26. The first-order valence-electron chi connectivity index (χ1n) is 8.39. The molecule has 0 bridgehead atoms. The fourth-order valence-electron chi connectivity index (χ4n) is 2.26. The molecule has 1 aromatic rings. The lowest BCUT2D eigenvalue weighted by Gasteiger charge is -2.26. The largest absolute Gasteiger partial charge is 0.309 e. The second kappa shape index (κ2) is 9.90. The minimum Gasteiger partial charge on any atom is -0.309 e. The van der Waals surface area contributed by atoms with E-state index in [0.717, 1.165) is 25.3 Å². The first-order chi connectivity index (χ1) is 10.0. The highest BCUT2D eigenvalue weighted by Crippen LogP contribution is 2.04. The van der Waals surface area contributed by atoms with Crippen LogP contribution in [0.5, 0.6) is 0 Å². The van der Waals surface area contributed by atoms with Crippen LogP contribution in [-0.2, 0) is 13.1 Å². The number of rotatable bonds is 11. The molecule has 0 unspecified atom stereocenters. The van der Waals surface area contributed by atoms with E-state index in [4.69, 9.17) is 0 Å². The Balaban J connectivity index is 2.37. The number of unbranched alkanes of at least 4 members (excludes halogenated alkanes) is 2. The van der Waals surface area contributed by atoms with E-state index in [2.05, 4.69) is 61.3 Å². The van der Waals surface area contributed by atoms with Crippen molar-refractivity contribution in [1.29, 1.82) is 0 Å². The Bertz CT molecular complexity index is 372. The predicted molar refractivity (Wildman–Crippen MR) is 88.2 cm³/mol. The molecule has 0 atom stereocenters. The number of aromatic nitrogens is 3. The molecule has 0 amide bonds. The van der Waals surface area contributed by atoms with Gasteiger partial charge in [0.05, 0.1) is 12.2 Å². The lowest BCUT2D eigenvalue weighted by Crippen LogP contribution is -2.34. The number of nitrogens with one attached hydrogen (secondary N) is 1. The van der Waals surface area contributed by atoms with Crippen molar-refractivity contribution < 1.29 is 0 Å². The summed E-state index contributed by atoms with van der Waals surface area (Å²) in [5.74, 6) is 0. The van der Waals surface area contributed by atoms with Gasteiger partial charge in [0.2, 0.25) is 0 Å². The molecule has 1 heterocycles. The van der Waals surface area contributed by atoms with Crippen molar-refractivity contribution >= 4 is 0 Å². The molecular weight excluding hydrogens is 262 g/mol. The van der Waals surface area contributed by atoms with Crippen molar-refractivity contribution in [1.82, 2.24) is 25.2 Å². The standard InChI is InChI=1S/C16H33N5/c1-6-7-8-9-20(15(4)5)10-11-21-13-16(18-19-21)12-17-14(2)3/h13-15,17H,6-12H2,1-5H3. The zero-order valence-corrected chi connectivity index (χ0v) is 14.5. The molecule has 0 saturated carbocycles. The third-order valence-corrected chi connectivity index (χ3v) is 3.67. The van der Waals surface area contributed by atoms with Crippen LogP contribution in [0.4, 0.5) is 0 Å². The molecule has 0 aliphatic heterocycles. The van der Waals surface area contributed by atoms with Crippen molar-refractivity contribution in [2.45, 2.75) is 79.1 Å². The molecule has 5 nitrogen and oxygen atoms in total. The van der Waals surface area contributed by atoms with Crippen LogP contribution in [0.1, 0.15) is 59.6 Å². The van der Waals surface area contributed by atoms with E-state index in [-0.39, 0.29) is 0 Å². The maximum absolute atomic E-state index is 4.22. The fraction of sp³-hybridized carbons (Fsp3) is 0.875. The molecule has 122 valence electrons. The summed E-state index contributed by atoms with van der Waals surface area (Å²) in [6.45, 7) is 15.0. The van der Waals surface area contributed by atoms with E-state index in [1.807, 2.05) is 4.68 Å². The van der Waals surface area contributed by atoms with E-state index in [9.17, 15) is 0 Å². The van der Waals surface area contributed by atoms with Gasteiger partial charge in [-0.05, 0) is 26.8 Å².